The first-order chi connectivity index (χ1) is 12.7. The van der Waals surface area contributed by atoms with Gasteiger partial charge in [0.25, 0.3) is 0 Å². The summed E-state index contributed by atoms with van der Waals surface area (Å²) in [6.45, 7) is 6.45. The van der Waals surface area contributed by atoms with E-state index in [0.29, 0.717) is 28.9 Å². The summed E-state index contributed by atoms with van der Waals surface area (Å²) in [7, 11) is 1.59. The van der Waals surface area contributed by atoms with Crippen molar-refractivity contribution >= 4 is 17.5 Å². The zero-order chi connectivity index (χ0) is 20.1. The van der Waals surface area contributed by atoms with E-state index in [0.717, 1.165) is 11.3 Å². The molecule has 0 aliphatic rings. The number of methoxy groups -OCH3 is 1. The molecule has 6 nitrogen and oxygen atoms in total. The van der Waals surface area contributed by atoms with Gasteiger partial charge in [0.05, 0.1) is 12.8 Å². The number of ketones is 2. The Labute approximate surface area is 158 Å². The molecular weight excluding hydrogens is 346 g/mol. The first-order valence-corrected chi connectivity index (χ1v) is 8.81. The highest BCUT2D eigenvalue weighted by molar-refractivity contribution is 6.05. The number of carbonyl (C=O) groups excluding carboxylic acids is 3. The largest absolute Gasteiger partial charge is 0.497 e. The van der Waals surface area contributed by atoms with E-state index < -0.39 is 12.1 Å². The minimum Gasteiger partial charge on any atom is -0.497 e. The fraction of sp³-hybridized carbons (Fsp3) is 0.381. The van der Waals surface area contributed by atoms with E-state index in [4.69, 9.17) is 9.47 Å². The van der Waals surface area contributed by atoms with Gasteiger partial charge in [0.15, 0.2) is 11.9 Å². The first kappa shape index (κ1) is 20.4. The van der Waals surface area contributed by atoms with Crippen LogP contribution < -0.4 is 4.74 Å². The third-order valence-corrected chi connectivity index (χ3v) is 4.49. The number of H-pyrrole nitrogens is 1. The van der Waals surface area contributed by atoms with Crippen molar-refractivity contribution < 1.29 is 23.9 Å². The van der Waals surface area contributed by atoms with Crippen molar-refractivity contribution in [1.29, 1.82) is 0 Å². The lowest BCUT2D eigenvalue weighted by atomic mass is 10.0. The molecule has 1 aromatic heterocycles. The quantitative estimate of drug-likeness (QED) is 0.566. The highest BCUT2D eigenvalue weighted by atomic mass is 16.5. The Hall–Kier alpha value is -2.89. The van der Waals surface area contributed by atoms with E-state index in [1.807, 2.05) is 24.3 Å². The third-order valence-electron chi connectivity index (χ3n) is 4.49. The summed E-state index contributed by atoms with van der Waals surface area (Å²) >= 11 is 0. The highest BCUT2D eigenvalue weighted by Crippen LogP contribution is 2.20. The number of aromatic nitrogens is 1. The average molecular weight is 371 g/mol. The first-order valence-electron chi connectivity index (χ1n) is 8.81. The van der Waals surface area contributed by atoms with Gasteiger partial charge in [0, 0.05) is 17.7 Å². The third kappa shape index (κ3) is 4.84. The Morgan fingerprint density at radius 1 is 1.11 bits per heavy atom. The summed E-state index contributed by atoms with van der Waals surface area (Å²) in [5, 5.41) is 0. The Morgan fingerprint density at radius 3 is 2.26 bits per heavy atom. The van der Waals surface area contributed by atoms with Crippen LogP contribution in [0, 0.1) is 13.8 Å². The van der Waals surface area contributed by atoms with Gasteiger partial charge >= 0.3 is 5.97 Å². The fourth-order valence-corrected chi connectivity index (χ4v) is 3.08. The summed E-state index contributed by atoms with van der Waals surface area (Å²) in [6.07, 6.45) is -0.241. The van der Waals surface area contributed by atoms with Gasteiger partial charge in [0.1, 0.15) is 5.75 Å². The van der Waals surface area contributed by atoms with Crippen LogP contribution in [0.1, 0.15) is 57.9 Å². The molecule has 0 saturated carbocycles. The molecular formula is C21H25NO5. The molecule has 0 radical (unpaired) electrons. The number of hydrogen-bond acceptors (Lipinski definition) is 5. The predicted octanol–water partition coefficient (Wildman–Crippen LogP) is 3.59. The van der Waals surface area contributed by atoms with Crippen molar-refractivity contribution in [2.45, 2.75) is 46.6 Å². The van der Waals surface area contributed by atoms with Crippen LogP contribution in [0.5, 0.6) is 5.75 Å². The van der Waals surface area contributed by atoms with Crippen LogP contribution in [0.2, 0.25) is 0 Å². The van der Waals surface area contributed by atoms with Crippen molar-refractivity contribution in [2.24, 2.45) is 0 Å². The van der Waals surface area contributed by atoms with Gasteiger partial charge in [-0.1, -0.05) is 12.1 Å². The molecule has 0 fully saturated rings. The molecule has 0 aliphatic carbocycles. The van der Waals surface area contributed by atoms with Crippen molar-refractivity contribution in [1.82, 2.24) is 4.98 Å². The number of aromatic amines is 1. The summed E-state index contributed by atoms with van der Waals surface area (Å²) in [4.78, 5) is 39.3. The number of carbonyl (C=O) groups is 3. The van der Waals surface area contributed by atoms with E-state index in [1.165, 1.54) is 13.8 Å². The van der Waals surface area contributed by atoms with Crippen LogP contribution in [-0.2, 0) is 16.0 Å². The Kier molecular flexibility index (Phi) is 6.55. The van der Waals surface area contributed by atoms with Crippen LogP contribution in [0.4, 0.5) is 0 Å². The fourth-order valence-electron chi connectivity index (χ4n) is 3.08. The topological polar surface area (TPSA) is 85.5 Å². The molecule has 2 rings (SSSR count). The molecule has 1 N–H and O–H groups in total. The number of benzene rings is 1. The molecule has 0 amide bonds. The number of hydrogen-bond donors (Lipinski definition) is 1. The highest BCUT2D eigenvalue weighted by Gasteiger charge is 2.25. The molecule has 0 bridgehead atoms. The predicted molar refractivity (Wildman–Crippen MR) is 101 cm³/mol. The van der Waals surface area contributed by atoms with Gasteiger partial charge in [0.2, 0.25) is 5.78 Å². The van der Waals surface area contributed by atoms with Crippen molar-refractivity contribution in [3.8, 4) is 5.75 Å². The Balaban J connectivity index is 1.96. The van der Waals surface area contributed by atoms with Gasteiger partial charge in [-0.2, -0.15) is 0 Å². The Bertz CT molecular complexity index is 848. The molecule has 1 aromatic carbocycles. The minimum atomic E-state index is -0.926. The number of Topliss-reactive ketones (excluding diaryl/α,β-unsaturated/α-hetero) is 2. The molecule has 144 valence electrons. The van der Waals surface area contributed by atoms with Crippen LogP contribution in [0.25, 0.3) is 0 Å². The molecule has 1 heterocycles. The van der Waals surface area contributed by atoms with Crippen LogP contribution >= 0.6 is 0 Å². The molecule has 1 atom stereocenters. The number of aryl methyl sites for hydroxylation is 2. The van der Waals surface area contributed by atoms with Gasteiger partial charge in [-0.05, 0) is 57.4 Å². The molecule has 0 unspecified atom stereocenters. The molecule has 6 heteroatoms. The minimum absolute atomic E-state index is 0.107. The number of nitrogens with one attached hydrogen (secondary N) is 1. The zero-order valence-electron chi connectivity index (χ0n) is 16.3. The second-order valence-electron chi connectivity index (χ2n) is 6.53. The zero-order valence-corrected chi connectivity index (χ0v) is 16.3. The Morgan fingerprint density at radius 2 is 1.74 bits per heavy atom. The van der Waals surface area contributed by atoms with E-state index in [9.17, 15) is 14.4 Å². The smallest absolute Gasteiger partial charge is 0.306 e. The van der Waals surface area contributed by atoms with Gasteiger partial charge < -0.3 is 14.5 Å². The molecule has 0 saturated heterocycles. The maximum absolute atomic E-state index is 12.6. The molecule has 2 aromatic rings. The monoisotopic (exact) mass is 371 g/mol. The van der Waals surface area contributed by atoms with Gasteiger partial charge in [-0.15, -0.1) is 0 Å². The summed E-state index contributed by atoms with van der Waals surface area (Å²) in [5.41, 5.74) is 3.03. The second kappa shape index (κ2) is 8.66. The van der Waals surface area contributed by atoms with Crippen molar-refractivity contribution in [3.63, 3.8) is 0 Å². The van der Waals surface area contributed by atoms with E-state index in [2.05, 4.69) is 4.98 Å². The number of rotatable bonds is 8. The van der Waals surface area contributed by atoms with Crippen LogP contribution in [0.3, 0.4) is 0 Å². The number of ether oxygens (including phenoxy) is 2. The van der Waals surface area contributed by atoms with E-state index >= 15 is 0 Å². The van der Waals surface area contributed by atoms with Crippen LogP contribution in [-0.4, -0.2) is 35.7 Å². The maximum Gasteiger partial charge on any atom is 0.306 e. The summed E-state index contributed by atoms with van der Waals surface area (Å²) in [5.74, 6) is -0.146. The lowest BCUT2D eigenvalue weighted by molar-refractivity contribution is -0.146. The molecule has 27 heavy (non-hydrogen) atoms. The number of esters is 1. The standard InChI is InChI=1S/C21H25NO5/c1-12-19(14(3)23)13(2)22-20(12)21(25)15(4)27-18(24)11-8-16-6-9-17(26-5)10-7-16/h6-7,9-10,15,22H,8,11H2,1-5H3/t15-/m1/s1. The summed E-state index contributed by atoms with van der Waals surface area (Å²) < 4.78 is 10.4. The van der Waals surface area contributed by atoms with E-state index in [-0.39, 0.29) is 18.0 Å². The van der Waals surface area contributed by atoms with E-state index in [1.54, 1.807) is 21.0 Å². The molecule has 0 spiro atoms. The lowest BCUT2D eigenvalue weighted by Crippen LogP contribution is -2.25. The summed E-state index contributed by atoms with van der Waals surface area (Å²) in [6, 6.07) is 7.43. The normalized spacial score (nSPS) is 11.7. The molecule has 0 aliphatic heterocycles. The van der Waals surface area contributed by atoms with Crippen LogP contribution in [0.15, 0.2) is 24.3 Å². The van der Waals surface area contributed by atoms with Crippen molar-refractivity contribution in [2.75, 3.05) is 7.11 Å². The average Bonchev–Trinajstić information content (AvgIpc) is 2.94. The second-order valence-corrected chi connectivity index (χ2v) is 6.53. The maximum atomic E-state index is 12.6. The lowest BCUT2D eigenvalue weighted by Gasteiger charge is -2.12. The van der Waals surface area contributed by atoms with Gasteiger partial charge in [-0.25, -0.2) is 0 Å². The van der Waals surface area contributed by atoms with Gasteiger partial charge in [-0.3, -0.25) is 14.4 Å². The SMILES string of the molecule is COc1ccc(CCC(=O)O[C@H](C)C(=O)c2[nH]c(C)c(C(C)=O)c2C)cc1. The van der Waals surface area contributed by atoms with Crippen molar-refractivity contribution in [3.05, 3.63) is 52.3 Å².